The van der Waals surface area contributed by atoms with Crippen LogP contribution < -0.4 is 0 Å². The van der Waals surface area contributed by atoms with E-state index in [1.54, 1.807) is 0 Å². The van der Waals surface area contributed by atoms with Gasteiger partial charge < -0.3 is 0 Å². The molecule has 1 radical (unpaired) electrons. The van der Waals surface area contributed by atoms with Crippen molar-refractivity contribution in [2.24, 2.45) is 0 Å². The van der Waals surface area contributed by atoms with Gasteiger partial charge in [-0.1, -0.05) is 0 Å². The third-order valence-electron chi connectivity index (χ3n) is 0. The molecule has 0 rings (SSSR count). The first-order valence-electron chi connectivity index (χ1n) is 0.698. The third kappa shape index (κ3) is 178. The molecule has 0 aliphatic rings. The van der Waals surface area contributed by atoms with Crippen LogP contribution in [0.25, 0.3) is 0 Å². The van der Waals surface area contributed by atoms with Crippen molar-refractivity contribution >= 4 is 0 Å². The molecule has 0 spiro atoms. The molecule has 0 saturated heterocycles. The Labute approximate surface area is 47.0 Å². The standard InChI is InChI=1S/Cr.Mn.2H2O.2O/h;;2*1H2;;/q+2;;;;;/p-2. The Bertz CT molecular complexity index is 90.7. The summed E-state index contributed by atoms with van der Waals surface area (Å²) in [6, 6.07) is 0. The van der Waals surface area contributed by atoms with Crippen LogP contribution in [-0.2, 0) is 38.3 Å². The molecule has 0 aromatic heterocycles. The summed E-state index contributed by atoms with van der Waals surface area (Å²) in [6.45, 7) is 0. The molecule has 6 heavy (non-hydrogen) atoms. The van der Waals surface area contributed by atoms with Crippen LogP contribution in [-0.4, -0.2) is 8.32 Å². The van der Waals surface area contributed by atoms with Crippen molar-refractivity contribution in [1.29, 1.82) is 0 Å². The van der Waals surface area contributed by atoms with Crippen molar-refractivity contribution in [3.05, 3.63) is 0 Å². The van der Waals surface area contributed by atoms with Crippen LogP contribution >= 0.6 is 0 Å². The second kappa shape index (κ2) is 2.70. The van der Waals surface area contributed by atoms with Crippen LogP contribution in [0.3, 0.4) is 0 Å². The van der Waals surface area contributed by atoms with Gasteiger partial charge in [0, 0.05) is 17.1 Å². The maximum absolute atomic E-state index is 8.82. The van der Waals surface area contributed by atoms with Gasteiger partial charge in [-0.25, -0.2) is 0 Å². The molecule has 0 aliphatic heterocycles. The Morgan fingerprint density at radius 1 is 1.17 bits per heavy atom. The summed E-state index contributed by atoms with van der Waals surface area (Å²) in [5.41, 5.74) is 0. The molecule has 0 saturated carbocycles. The minimum absolute atomic E-state index is 0. The molecule has 0 bridgehead atoms. The Morgan fingerprint density at radius 3 is 1.17 bits per heavy atom. The Balaban J connectivity index is 0. The summed E-state index contributed by atoms with van der Waals surface area (Å²) >= 11 is -5.25. The Kier molecular flexibility index (Phi) is 4.39. The van der Waals surface area contributed by atoms with E-state index >= 15 is 0 Å². The summed E-state index contributed by atoms with van der Waals surface area (Å²) < 4.78 is 31.9. The predicted octanol–water partition coefficient (Wildman–Crippen LogP) is -1.36. The SMILES string of the molecule is [Mn].[O]=[Cr](=[O])([OH])[OH]. The van der Waals surface area contributed by atoms with Crippen LogP contribution in [0, 0.1) is 0 Å². The fourth-order valence-electron chi connectivity index (χ4n) is 0. The van der Waals surface area contributed by atoms with E-state index in [9.17, 15) is 0 Å². The zero-order valence-corrected chi connectivity index (χ0v) is 4.95. The van der Waals surface area contributed by atoms with Gasteiger partial charge in [0.05, 0.1) is 0 Å². The molecule has 0 atom stereocenters. The second-order valence-corrected chi connectivity index (χ2v) is 1.85. The molecule has 6 heteroatoms. The normalized spacial score (nSPS) is 9.67. The van der Waals surface area contributed by atoms with Crippen molar-refractivity contribution in [2.45, 2.75) is 0 Å². The van der Waals surface area contributed by atoms with Gasteiger partial charge in [0.25, 0.3) is 0 Å². The summed E-state index contributed by atoms with van der Waals surface area (Å²) in [7, 11) is 0. The summed E-state index contributed by atoms with van der Waals surface area (Å²) in [5, 5.41) is 0. The van der Waals surface area contributed by atoms with E-state index in [0.717, 1.165) is 0 Å². The summed E-state index contributed by atoms with van der Waals surface area (Å²) in [6.07, 6.45) is 0. The van der Waals surface area contributed by atoms with Crippen LogP contribution in [0.5, 0.6) is 0 Å². The molecule has 0 aliphatic carbocycles. The average Bonchev–Trinajstić information content (AvgIpc) is 0.722. The van der Waals surface area contributed by atoms with Crippen molar-refractivity contribution in [1.82, 2.24) is 0 Å². The van der Waals surface area contributed by atoms with Gasteiger partial charge in [0.2, 0.25) is 0 Å². The van der Waals surface area contributed by atoms with Crippen molar-refractivity contribution < 1.29 is 46.6 Å². The van der Waals surface area contributed by atoms with Gasteiger partial charge in [-0.15, -0.1) is 0 Å². The molecule has 2 N–H and O–H groups in total. The van der Waals surface area contributed by atoms with Gasteiger partial charge in [-0.3, -0.25) is 0 Å². The second-order valence-electron chi connectivity index (χ2n) is 0.448. The molecule has 4 nitrogen and oxygen atoms in total. The minimum atomic E-state index is -5.25. The molecular weight excluding hydrogens is 171 g/mol. The van der Waals surface area contributed by atoms with E-state index in [4.69, 9.17) is 15.9 Å². The number of hydrogen-bond acceptors (Lipinski definition) is 2. The number of rotatable bonds is 0. The zero-order valence-electron chi connectivity index (χ0n) is 2.50. The van der Waals surface area contributed by atoms with E-state index in [-0.39, 0.29) is 17.1 Å². The van der Waals surface area contributed by atoms with Gasteiger partial charge in [-0.2, -0.15) is 0 Å². The van der Waals surface area contributed by atoms with E-state index in [1.807, 2.05) is 0 Å². The third-order valence-corrected chi connectivity index (χ3v) is 0. The van der Waals surface area contributed by atoms with E-state index in [0.29, 0.717) is 0 Å². The summed E-state index contributed by atoms with van der Waals surface area (Å²) in [5.74, 6) is 0. The molecular formula is H2CrMnO4. The van der Waals surface area contributed by atoms with Gasteiger partial charge in [0.1, 0.15) is 0 Å². The quantitative estimate of drug-likeness (QED) is 0.443. The predicted molar refractivity (Wildman–Crippen MR) is 5.81 cm³/mol. The van der Waals surface area contributed by atoms with Crippen molar-refractivity contribution in [3.8, 4) is 0 Å². The van der Waals surface area contributed by atoms with E-state index in [1.165, 1.54) is 0 Å². The Morgan fingerprint density at radius 2 is 1.17 bits per heavy atom. The van der Waals surface area contributed by atoms with Crippen molar-refractivity contribution in [2.75, 3.05) is 0 Å². The van der Waals surface area contributed by atoms with E-state index < -0.39 is 13.6 Å². The number of hydrogen-bond donors (Lipinski definition) is 2. The molecule has 0 aromatic rings. The van der Waals surface area contributed by atoms with Gasteiger partial charge in [-0.05, 0) is 0 Å². The Hall–Kier alpha value is 0.572. The fourth-order valence-corrected chi connectivity index (χ4v) is 0. The molecule has 0 fully saturated rings. The molecule has 39 valence electrons. The van der Waals surface area contributed by atoms with Crippen LogP contribution in [0.4, 0.5) is 0 Å². The fraction of sp³-hybridized carbons (Fsp3) is 0. The first-order valence-corrected chi connectivity index (χ1v) is 2.88. The molecule has 0 amide bonds. The van der Waals surface area contributed by atoms with Crippen LogP contribution in [0.2, 0.25) is 0 Å². The first-order chi connectivity index (χ1) is 2.00. The monoisotopic (exact) mass is 173 g/mol. The molecule has 0 unspecified atom stereocenters. The topological polar surface area (TPSA) is 74.6 Å². The van der Waals surface area contributed by atoms with Gasteiger partial charge in [0.15, 0.2) is 0 Å². The molecule has 0 aromatic carbocycles. The zero-order chi connectivity index (χ0) is 4.50. The summed E-state index contributed by atoms with van der Waals surface area (Å²) in [4.78, 5) is 0. The van der Waals surface area contributed by atoms with Crippen LogP contribution in [0.1, 0.15) is 0 Å². The first kappa shape index (κ1) is 9.76. The average molecular weight is 173 g/mol. The van der Waals surface area contributed by atoms with Crippen molar-refractivity contribution in [3.63, 3.8) is 0 Å². The van der Waals surface area contributed by atoms with E-state index in [2.05, 4.69) is 0 Å². The molecule has 0 heterocycles. The van der Waals surface area contributed by atoms with Gasteiger partial charge >= 0.3 is 29.5 Å². The maximum atomic E-state index is 8.82. The van der Waals surface area contributed by atoms with Crippen LogP contribution in [0.15, 0.2) is 0 Å².